The van der Waals surface area contributed by atoms with E-state index in [1.807, 2.05) is 0 Å². The van der Waals surface area contributed by atoms with Gasteiger partial charge in [-0.2, -0.15) is 0 Å². The number of carbonyl (C=O) groups excluding carboxylic acids is 1. The van der Waals surface area contributed by atoms with E-state index in [2.05, 4.69) is 11.8 Å². The molecule has 0 heterocycles. The standard InChI is InChI=1S/C16H29NO/c1-2-17(15-11-7-4-8-12-15)13-16(18)14-9-5-3-6-10-14/h14-15H,2-13H2,1H3. The summed E-state index contributed by atoms with van der Waals surface area (Å²) in [6, 6.07) is 0.691. The first kappa shape index (κ1) is 14.0. The molecule has 2 fully saturated rings. The average molecular weight is 251 g/mol. The van der Waals surface area contributed by atoms with Crippen LogP contribution in [0, 0.1) is 5.92 Å². The second-order valence-corrected chi connectivity index (χ2v) is 6.16. The van der Waals surface area contributed by atoms with Crippen LogP contribution in [0.1, 0.15) is 71.1 Å². The quantitative estimate of drug-likeness (QED) is 0.741. The molecule has 0 atom stereocenters. The van der Waals surface area contributed by atoms with Crippen molar-refractivity contribution in [2.75, 3.05) is 13.1 Å². The van der Waals surface area contributed by atoms with Crippen molar-refractivity contribution in [1.82, 2.24) is 4.90 Å². The summed E-state index contributed by atoms with van der Waals surface area (Å²) in [6.07, 6.45) is 12.9. The lowest BCUT2D eigenvalue weighted by Gasteiger charge is -2.34. The maximum Gasteiger partial charge on any atom is 0.149 e. The van der Waals surface area contributed by atoms with Crippen molar-refractivity contribution in [1.29, 1.82) is 0 Å². The summed E-state index contributed by atoms with van der Waals surface area (Å²) in [7, 11) is 0. The van der Waals surface area contributed by atoms with E-state index in [1.54, 1.807) is 0 Å². The molecular formula is C16H29NO. The minimum Gasteiger partial charge on any atom is -0.298 e. The molecular weight excluding hydrogens is 222 g/mol. The van der Waals surface area contributed by atoms with Crippen LogP contribution in [0.2, 0.25) is 0 Å². The minimum atomic E-state index is 0.386. The smallest absolute Gasteiger partial charge is 0.149 e. The Morgan fingerprint density at radius 1 is 0.944 bits per heavy atom. The van der Waals surface area contributed by atoms with Gasteiger partial charge in [0, 0.05) is 12.0 Å². The van der Waals surface area contributed by atoms with Crippen LogP contribution < -0.4 is 0 Å². The Balaban J connectivity index is 1.82. The summed E-state index contributed by atoms with van der Waals surface area (Å²) in [4.78, 5) is 14.8. The van der Waals surface area contributed by atoms with Crippen LogP contribution in [0.5, 0.6) is 0 Å². The first-order valence-corrected chi connectivity index (χ1v) is 8.08. The van der Waals surface area contributed by atoms with Crippen LogP contribution in [-0.2, 0) is 4.79 Å². The van der Waals surface area contributed by atoms with Crippen molar-refractivity contribution < 1.29 is 4.79 Å². The Bertz CT molecular complexity index is 252. The molecule has 0 aliphatic heterocycles. The second kappa shape index (κ2) is 7.28. The third kappa shape index (κ3) is 3.81. The molecule has 0 bridgehead atoms. The van der Waals surface area contributed by atoms with Crippen LogP contribution in [0.3, 0.4) is 0 Å². The molecule has 0 unspecified atom stereocenters. The summed E-state index contributed by atoms with van der Waals surface area (Å²) in [5.74, 6) is 0.915. The van der Waals surface area contributed by atoms with Gasteiger partial charge in [-0.05, 0) is 32.2 Å². The maximum absolute atomic E-state index is 12.4. The lowest BCUT2D eigenvalue weighted by molar-refractivity contribution is -0.125. The zero-order chi connectivity index (χ0) is 12.8. The van der Waals surface area contributed by atoms with Gasteiger partial charge < -0.3 is 0 Å². The largest absolute Gasteiger partial charge is 0.298 e. The van der Waals surface area contributed by atoms with Gasteiger partial charge in [-0.1, -0.05) is 45.4 Å². The number of carbonyl (C=O) groups is 1. The number of rotatable bonds is 5. The zero-order valence-corrected chi connectivity index (χ0v) is 12.0. The van der Waals surface area contributed by atoms with Crippen molar-refractivity contribution in [3.05, 3.63) is 0 Å². The molecule has 0 aromatic rings. The second-order valence-electron chi connectivity index (χ2n) is 6.16. The molecule has 0 spiro atoms. The molecule has 2 aliphatic carbocycles. The van der Waals surface area contributed by atoms with Gasteiger partial charge in [0.1, 0.15) is 5.78 Å². The van der Waals surface area contributed by atoms with E-state index < -0.39 is 0 Å². The lowest BCUT2D eigenvalue weighted by Crippen LogP contribution is -2.41. The van der Waals surface area contributed by atoms with Crippen LogP contribution in [-0.4, -0.2) is 29.8 Å². The first-order chi connectivity index (χ1) is 8.81. The predicted molar refractivity (Wildman–Crippen MR) is 75.7 cm³/mol. The zero-order valence-electron chi connectivity index (χ0n) is 12.0. The Hall–Kier alpha value is -0.370. The third-order valence-electron chi connectivity index (χ3n) is 4.92. The van der Waals surface area contributed by atoms with Crippen molar-refractivity contribution in [3.8, 4) is 0 Å². The van der Waals surface area contributed by atoms with Crippen molar-refractivity contribution >= 4 is 5.78 Å². The van der Waals surface area contributed by atoms with Gasteiger partial charge in [-0.3, -0.25) is 9.69 Å². The first-order valence-electron chi connectivity index (χ1n) is 8.08. The Morgan fingerprint density at radius 3 is 2.06 bits per heavy atom. The van der Waals surface area contributed by atoms with Gasteiger partial charge in [0.2, 0.25) is 0 Å². The summed E-state index contributed by atoms with van der Waals surface area (Å²) in [5.41, 5.74) is 0. The van der Waals surface area contributed by atoms with Crippen LogP contribution >= 0.6 is 0 Å². The van der Waals surface area contributed by atoms with Gasteiger partial charge >= 0.3 is 0 Å². The summed E-state index contributed by atoms with van der Waals surface area (Å²) in [5, 5.41) is 0. The van der Waals surface area contributed by atoms with Crippen molar-refractivity contribution in [3.63, 3.8) is 0 Å². The topological polar surface area (TPSA) is 20.3 Å². The molecule has 0 amide bonds. The van der Waals surface area contributed by atoms with Gasteiger partial charge in [0.05, 0.1) is 6.54 Å². The third-order valence-corrected chi connectivity index (χ3v) is 4.92. The molecule has 104 valence electrons. The Morgan fingerprint density at radius 2 is 1.50 bits per heavy atom. The Kier molecular flexibility index (Phi) is 5.68. The van der Waals surface area contributed by atoms with Crippen LogP contribution in [0.15, 0.2) is 0 Å². The predicted octanol–water partition coefficient (Wildman–Crippen LogP) is 3.79. The van der Waals surface area contributed by atoms with Gasteiger partial charge in [-0.25, -0.2) is 0 Å². The summed E-state index contributed by atoms with van der Waals surface area (Å²) < 4.78 is 0. The van der Waals surface area contributed by atoms with Gasteiger partial charge in [-0.15, -0.1) is 0 Å². The fourth-order valence-corrected chi connectivity index (χ4v) is 3.70. The number of hydrogen-bond donors (Lipinski definition) is 0. The highest BCUT2D eigenvalue weighted by Gasteiger charge is 2.26. The van der Waals surface area contributed by atoms with Gasteiger partial charge in [0.15, 0.2) is 0 Å². The van der Waals surface area contributed by atoms with E-state index in [4.69, 9.17) is 0 Å². The summed E-state index contributed by atoms with van der Waals surface area (Å²) >= 11 is 0. The number of nitrogens with zero attached hydrogens (tertiary/aromatic N) is 1. The van der Waals surface area contributed by atoms with E-state index in [9.17, 15) is 4.79 Å². The molecule has 2 rings (SSSR count). The van der Waals surface area contributed by atoms with E-state index >= 15 is 0 Å². The van der Waals surface area contributed by atoms with Crippen LogP contribution in [0.25, 0.3) is 0 Å². The molecule has 2 aliphatic rings. The molecule has 0 radical (unpaired) electrons. The van der Waals surface area contributed by atoms with E-state index in [0.717, 1.165) is 25.9 Å². The normalized spacial score (nSPS) is 23.4. The highest BCUT2D eigenvalue weighted by Crippen LogP contribution is 2.26. The monoisotopic (exact) mass is 251 g/mol. The summed E-state index contributed by atoms with van der Waals surface area (Å²) in [6.45, 7) is 3.98. The fraction of sp³-hybridized carbons (Fsp3) is 0.938. The molecule has 0 N–H and O–H groups in total. The fourth-order valence-electron chi connectivity index (χ4n) is 3.70. The molecule has 2 nitrogen and oxygen atoms in total. The SMILES string of the molecule is CCN(CC(=O)C1CCCCC1)C1CCCCC1. The molecule has 0 aromatic heterocycles. The molecule has 18 heavy (non-hydrogen) atoms. The van der Waals surface area contributed by atoms with Crippen molar-refractivity contribution in [2.24, 2.45) is 5.92 Å². The van der Waals surface area contributed by atoms with E-state index in [1.165, 1.54) is 51.4 Å². The highest BCUT2D eigenvalue weighted by molar-refractivity contribution is 5.83. The van der Waals surface area contributed by atoms with E-state index in [0.29, 0.717) is 17.7 Å². The molecule has 2 heteroatoms. The number of likely N-dealkylation sites (N-methyl/N-ethyl adjacent to an activating group) is 1. The maximum atomic E-state index is 12.4. The minimum absolute atomic E-state index is 0.386. The molecule has 2 saturated carbocycles. The molecule has 0 aromatic carbocycles. The van der Waals surface area contributed by atoms with E-state index in [-0.39, 0.29) is 0 Å². The average Bonchev–Trinajstić information content (AvgIpc) is 2.46. The highest BCUT2D eigenvalue weighted by atomic mass is 16.1. The lowest BCUT2D eigenvalue weighted by atomic mass is 9.85. The van der Waals surface area contributed by atoms with Crippen LogP contribution in [0.4, 0.5) is 0 Å². The molecule has 0 saturated heterocycles. The number of Topliss-reactive ketones (excluding diaryl/α,β-unsaturated/α-hetero) is 1. The van der Waals surface area contributed by atoms with Crippen molar-refractivity contribution in [2.45, 2.75) is 77.2 Å². The van der Waals surface area contributed by atoms with Gasteiger partial charge in [0.25, 0.3) is 0 Å². The Labute approximate surface area is 112 Å². The number of ketones is 1. The number of hydrogen-bond acceptors (Lipinski definition) is 2.